The smallest absolute Gasteiger partial charge is 0.266 e. The van der Waals surface area contributed by atoms with E-state index in [2.05, 4.69) is 11.0 Å². The number of hydrogen-bond donors (Lipinski definition) is 0. The van der Waals surface area contributed by atoms with Crippen LogP contribution in [0.5, 0.6) is 17.2 Å². The molecule has 1 fully saturated rings. The number of fused-ring (bicyclic) bond motifs is 1. The number of rotatable bonds is 8. The normalized spacial score (nSPS) is 19.9. The van der Waals surface area contributed by atoms with Crippen LogP contribution in [-0.2, 0) is 0 Å². The molecular weight excluding hydrogens is 420 g/mol. The Hall–Kier alpha value is -3.32. The van der Waals surface area contributed by atoms with E-state index >= 15 is 0 Å². The first-order valence-electron chi connectivity index (χ1n) is 11.5. The maximum absolute atomic E-state index is 13.2. The number of amides is 2. The van der Waals surface area contributed by atoms with Gasteiger partial charge in [-0.3, -0.25) is 14.5 Å². The van der Waals surface area contributed by atoms with Gasteiger partial charge in [0.15, 0.2) is 11.5 Å². The van der Waals surface area contributed by atoms with Crippen molar-refractivity contribution in [3.05, 3.63) is 59.7 Å². The lowest BCUT2D eigenvalue weighted by molar-refractivity contribution is 0.0926. The Morgan fingerprint density at radius 1 is 0.970 bits per heavy atom. The van der Waals surface area contributed by atoms with Gasteiger partial charge in [-0.25, -0.2) is 4.90 Å². The van der Waals surface area contributed by atoms with Crippen LogP contribution in [0.1, 0.15) is 46.4 Å². The average Bonchev–Trinajstić information content (AvgIpc) is 3.58. The van der Waals surface area contributed by atoms with Crippen LogP contribution < -0.4 is 19.1 Å². The van der Waals surface area contributed by atoms with Crippen molar-refractivity contribution in [2.45, 2.75) is 31.8 Å². The SMILES string of the molecule is COc1cc(N2C(=O)c3ccc(OC4C=CCC4)cc3C2=O)ccc1OCCN1CCCC1. The number of likely N-dealkylation sites (tertiary alicyclic amines) is 1. The molecule has 1 aliphatic carbocycles. The second-order valence-corrected chi connectivity index (χ2v) is 8.55. The molecule has 0 N–H and O–H groups in total. The zero-order valence-electron chi connectivity index (χ0n) is 18.8. The minimum absolute atomic E-state index is 0.00799. The molecule has 7 nitrogen and oxygen atoms in total. The van der Waals surface area contributed by atoms with E-state index in [0.29, 0.717) is 40.7 Å². The van der Waals surface area contributed by atoms with E-state index in [9.17, 15) is 9.59 Å². The molecule has 1 saturated heterocycles. The highest BCUT2D eigenvalue weighted by Gasteiger charge is 2.37. The number of allylic oxidation sites excluding steroid dienone is 1. The number of imide groups is 1. The molecule has 2 aromatic carbocycles. The summed E-state index contributed by atoms with van der Waals surface area (Å²) in [5.41, 5.74) is 1.18. The number of carbonyl (C=O) groups excluding carboxylic acids is 2. The van der Waals surface area contributed by atoms with Gasteiger partial charge in [0, 0.05) is 12.6 Å². The van der Waals surface area contributed by atoms with Crippen LogP contribution >= 0.6 is 0 Å². The average molecular weight is 449 g/mol. The maximum atomic E-state index is 13.2. The van der Waals surface area contributed by atoms with E-state index in [1.807, 2.05) is 6.08 Å². The number of ether oxygens (including phenoxy) is 3. The van der Waals surface area contributed by atoms with Gasteiger partial charge in [-0.05, 0) is 75.2 Å². The topological polar surface area (TPSA) is 68.3 Å². The molecule has 3 aliphatic rings. The van der Waals surface area contributed by atoms with Gasteiger partial charge in [-0.15, -0.1) is 0 Å². The molecule has 2 amide bonds. The summed E-state index contributed by atoms with van der Waals surface area (Å²) in [5, 5.41) is 0. The highest BCUT2D eigenvalue weighted by atomic mass is 16.5. The quantitative estimate of drug-likeness (QED) is 0.448. The van der Waals surface area contributed by atoms with E-state index in [1.54, 1.807) is 43.5 Å². The Bertz CT molecular complexity index is 1090. The summed E-state index contributed by atoms with van der Waals surface area (Å²) in [6.07, 6.45) is 8.50. The van der Waals surface area contributed by atoms with E-state index in [0.717, 1.165) is 32.5 Å². The number of carbonyl (C=O) groups is 2. The van der Waals surface area contributed by atoms with E-state index in [4.69, 9.17) is 14.2 Å². The van der Waals surface area contributed by atoms with Gasteiger partial charge in [0.05, 0.1) is 23.9 Å². The van der Waals surface area contributed by atoms with E-state index < -0.39 is 0 Å². The highest BCUT2D eigenvalue weighted by molar-refractivity contribution is 6.34. The summed E-state index contributed by atoms with van der Waals surface area (Å²) in [6, 6.07) is 10.2. The predicted octanol–water partition coefficient (Wildman–Crippen LogP) is 4.07. The van der Waals surface area contributed by atoms with Gasteiger partial charge in [0.2, 0.25) is 0 Å². The third-order valence-electron chi connectivity index (χ3n) is 6.38. The minimum Gasteiger partial charge on any atom is -0.493 e. The van der Waals surface area contributed by atoms with E-state index in [-0.39, 0.29) is 17.9 Å². The molecule has 172 valence electrons. The number of methoxy groups -OCH3 is 1. The molecule has 0 spiro atoms. The molecule has 0 radical (unpaired) electrons. The van der Waals surface area contributed by atoms with Crippen molar-refractivity contribution in [3.8, 4) is 17.2 Å². The summed E-state index contributed by atoms with van der Waals surface area (Å²) in [4.78, 5) is 29.8. The first-order chi connectivity index (χ1) is 16.1. The Morgan fingerprint density at radius 3 is 2.55 bits per heavy atom. The van der Waals surface area contributed by atoms with Crippen LogP contribution in [0.15, 0.2) is 48.6 Å². The van der Waals surface area contributed by atoms with Crippen molar-refractivity contribution < 1.29 is 23.8 Å². The fourth-order valence-electron chi connectivity index (χ4n) is 4.61. The maximum Gasteiger partial charge on any atom is 0.266 e. The number of nitrogens with zero attached hydrogens (tertiary/aromatic N) is 2. The lowest BCUT2D eigenvalue weighted by Gasteiger charge is -2.18. The molecule has 1 unspecified atom stereocenters. The monoisotopic (exact) mass is 448 g/mol. The lowest BCUT2D eigenvalue weighted by atomic mass is 10.1. The summed E-state index contributed by atoms with van der Waals surface area (Å²) < 4.78 is 17.4. The molecule has 0 aromatic heterocycles. The van der Waals surface area contributed by atoms with Crippen molar-refractivity contribution >= 4 is 17.5 Å². The van der Waals surface area contributed by atoms with Crippen molar-refractivity contribution in [2.75, 3.05) is 38.3 Å². The second-order valence-electron chi connectivity index (χ2n) is 8.55. The minimum atomic E-state index is -0.368. The summed E-state index contributed by atoms with van der Waals surface area (Å²) in [6.45, 7) is 3.65. The Morgan fingerprint density at radius 2 is 1.79 bits per heavy atom. The Labute approximate surface area is 193 Å². The summed E-state index contributed by atoms with van der Waals surface area (Å²) in [7, 11) is 1.55. The van der Waals surface area contributed by atoms with Gasteiger partial charge in [-0.1, -0.05) is 6.08 Å². The van der Waals surface area contributed by atoms with Crippen molar-refractivity contribution in [2.24, 2.45) is 0 Å². The molecule has 2 aromatic rings. The van der Waals surface area contributed by atoms with E-state index in [1.165, 1.54) is 17.7 Å². The molecule has 0 bridgehead atoms. The number of benzene rings is 2. The zero-order chi connectivity index (χ0) is 22.8. The summed E-state index contributed by atoms with van der Waals surface area (Å²) in [5.74, 6) is 0.951. The number of anilines is 1. The molecular formula is C26H28N2O5. The number of hydrogen-bond acceptors (Lipinski definition) is 6. The van der Waals surface area contributed by atoms with Gasteiger partial charge in [0.1, 0.15) is 18.5 Å². The highest BCUT2D eigenvalue weighted by Crippen LogP contribution is 2.36. The van der Waals surface area contributed by atoms with Crippen molar-refractivity contribution in [1.82, 2.24) is 4.90 Å². The lowest BCUT2D eigenvalue weighted by Crippen LogP contribution is -2.29. The van der Waals surface area contributed by atoms with Crippen molar-refractivity contribution in [1.29, 1.82) is 0 Å². The van der Waals surface area contributed by atoms with Crippen LogP contribution in [0.2, 0.25) is 0 Å². The van der Waals surface area contributed by atoms with Gasteiger partial charge in [-0.2, -0.15) is 0 Å². The molecule has 33 heavy (non-hydrogen) atoms. The van der Waals surface area contributed by atoms with Crippen molar-refractivity contribution in [3.63, 3.8) is 0 Å². The van der Waals surface area contributed by atoms with Gasteiger partial charge in [0.25, 0.3) is 11.8 Å². The predicted molar refractivity (Wildman–Crippen MR) is 125 cm³/mol. The zero-order valence-corrected chi connectivity index (χ0v) is 18.8. The van der Waals surface area contributed by atoms with Crippen LogP contribution in [0.25, 0.3) is 0 Å². The molecule has 5 rings (SSSR count). The van der Waals surface area contributed by atoms with Crippen LogP contribution in [0.4, 0.5) is 5.69 Å². The van der Waals surface area contributed by atoms with Crippen LogP contribution in [-0.4, -0.2) is 56.2 Å². The first kappa shape index (κ1) is 21.5. The molecule has 7 heteroatoms. The Balaban J connectivity index is 1.31. The standard InChI is InChI=1S/C26H28N2O5/c1-31-24-16-18(8-11-23(24)32-15-14-27-12-4-5-13-27)28-25(29)21-10-9-20(17-22(21)26(28)30)33-19-6-2-3-7-19/h2,6,8-11,16-17,19H,3-5,7,12-15H2,1H3. The third kappa shape index (κ3) is 4.33. The third-order valence-corrected chi connectivity index (χ3v) is 6.38. The fraction of sp³-hybridized carbons (Fsp3) is 0.385. The molecule has 2 aliphatic heterocycles. The second kappa shape index (κ2) is 9.27. The summed E-state index contributed by atoms with van der Waals surface area (Å²) >= 11 is 0. The molecule has 1 atom stereocenters. The van der Waals surface area contributed by atoms with Crippen LogP contribution in [0.3, 0.4) is 0 Å². The first-order valence-corrected chi connectivity index (χ1v) is 11.5. The molecule has 2 heterocycles. The van der Waals surface area contributed by atoms with Crippen LogP contribution in [0, 0.1) is 0 Å². The fourth-order valence-corrected chi connectivity index (χ4v) is 4.61. The Kier molecular flexibility index (Phi) is 6.05. The largest absolute Gasteiger partial charge is 0.493 e. The molecule has 0 saturated carbocycles. The van der Waals surface area contributed by atoms with Gasteiger partial charge >= 0.3 is 0 Å². The van der Waals surface area contributed by atoms with Gasteiger partial charge < -0.3 is 14.2 Å².